The zero-order chi connectivity index (χ0) is 18.9. The quantitative estimate of drug-likeness (QED) is 0.864. The third-order valence-electron chi connectivity index (χ3n) is 5.26. The van der Waals surface area contributed by atoms with Crippen LogP contribution in [0.15, 0.2) is 36.5 Å². The summed E-state index contributed by atoms with van der Waals surface area (Å²) in [7, 11) is 0. The standard InChI is InChI=1S/C20H24F3N3/c1-13-4-3-9-26(19(13)11-24)18-10-15(6-5-14(18)2)17-8-7-16(12-25-17)20(21,22)23/h5-8,10,12-13,19H,3-4,9,11,24H2,1-2H3/t13-,19-/m1/s1. The van der Waals surface area contributed by atoms with E-state index < -0.39 is 11.7 Å². The Morgan fingerprint density at radius 1 is 1.23 bits per heavy atom. The minimum absolute atomic E-state index is 0.276. The number of aromatic nitrogens is 1. The van der Waals surface area contributed by atoms with Crippen LogP contribution in [0.5, 0.6) is 0 Å². The number of anilines is 1. The second kappa shape index (κ2) is 7.27. The normalized spacial score (nSPS) is 21.1. The van der Waals surface area contributed by atoms with Crippen molar-refractivity contribution in [3.8, 4) is 11.3 Å². The van der Waals surface area contributed by atoms with E-state index in [1.54, 1.807) is 0 Å². The molecule has 2 N–H and O–H groups in total. The van der Waals surface area contributed by atoms with Gasteiger partial charge in [-0.1, -0.05) is 19.1 Å². The van der Waals surface area contributed by atoms with Gasteiger partial charge in [0.25, 0.3) is 0 Å². The number of alkyl halides is 3. The summed E-state index contributed by atoms with van der Waals surface area (Å²) in [5.74, 6) is 0.515. The molecule has 0 amide bonds. The van der Waals surface area contributed by atoms with Crippen molar-refractivity contribution in [2.45, 2.75) is 38.9 Å². The third kappa shape index (κ3) is 3.70. The second-order valence-electron chi connectivity index (χ2n) is 7.05. The minimum atomic E-state index is -4.37. The molecule has 0 saturated carbocycles. The van der Waals surface area contributed by atoms with E-state index in [1.807, 2.05) is 25.1 Å². The highest BCUT2D eigenvalue weighted by molar-refractivity contribution is 5.68. The Balaban J connectivity index is 1.95. The van der Waals surface area contributed by atoms with Crippen molar-refractivity contribution in [3.63, 3.8) is 0 Å². The van der Waals surface area contributed by atoms with Crippen LogP contribution >= 0.6 is 0 Å². The first-order valence-electron chi connectivity index (χ1n) is 8.92. The topological polar surface area (TPSA) is 42.2 Å². The van der Waals surface area contributed by atoms with Crippen LogP contribution in [-0.2, 0) is 6.18 Å². The van der Waals surface area contributed by atoms with E-state index in [0.717, 1.165) is 48.5 Å². The summed E-state index contributed by atoms with van der Waals surface area (Å²) in [5.41, 5.74) is 8.85. The zero-order valence-electron chi connectivity index (χ0n) is 15.1. The van der Waals surface area contributed by atoms with E-state index in [1.165, 1.54) is 6.07 Å². The third-order valence-corrected chi connectivity index (χ3v) is 5.26. The smallest absolute Gasteiger partial charge is 0.367 e. The zero-order valence-corrected chi connectivity index (χ0v) is 15.1. The number of aryl methyl sites for hydroxylation is 1. The SMILES string of the molecule is Cc1ccc(-c2ccc(C(F)(F)F)cn2)cc1N1CCC[C@@H](C)[C@H]1CN. The van der Waals surface area contributed by atoms with Crippen LogP contribution < -0.4 is 10.6 Å². The van der Waals surface area contributed by atoms with Gasteiger partial charge in [-0.25, -0.2) is 0 Å². The molecule has 0 bridgehead atoms. The highest BCUT2D eigenvalue weighted by Gasteiger charge is 2.31. The van der Waals surface area contributed by atoms with E-state index in [9.17, 15) is 13.2 Å². The lowest BCUT2D eigenvalue weighted by Crippen LogP contribution is -2.49. The van der Waals surface area contributed by atoms with Crippen molar-refractivity contribution in [1.82, 2.24) is 4.98 Å². The van der Waals surface area contributed by atoms with E-state index in [-0.39, 0.29) is 6.04 Å². The molecule has 1 aliphatic heterocycles. The lowest BCUT2D eigenvalue weighted by Gasteiger charge is -2.42. The molecule has 1 aliphatic rings. The van der Waals surface area contributed by atoms with Gasteiger partial charge in [-0.15, -0.1) is 0 Å². The van der Waals surface area contributed by atoms with Crippen LogP contribution in [0.1, 0.15) is 30.9 Å². The molecule has 0 spiro atoms. The van der Waals surface area contributed by atoms with Crippen LogP contribution in [0, 0.1) is 12.8 Å². The van der Waals surface area contributed by atoms with Gasteiger partial charge in [-0.3, -0.25) is 4.98 Å². The van der Waals surface area contributed by atoms with Gasteiger partial charge in [0.2, 0.25) is 0 Å². The molecule has 1 saturated heterocycles. The first kappa shape index (κ1) is 18.7. The molecule has 3 rings (SSSR count). The maximum atomic E-state index is 12.7. The maximum Gasteiger partial charge on any atom is 0.417 e. The molecule has 1 aromatic heterocycles. The van der Waals surface area contributed by atoms with Gasteiger partial charge in [-0.2, -0.15) is 13.2 Å². The van der Waals surface area contributed by atoms with E-state index >= 15 is 0 Å². The van der Waals surface area contributed by atoms with Crippen molar-refractivity contribution in [2.24, 2.45) is 11.7 Å². The molecule has 2 atom stereocenters. The summed E-state index contributed by atoms with van der Waals surface area (Å²) in [6.07, 6.45) is -1.21. The molecule has 1 aromatic carbocycles. The summed E-state index contributed by atoms with van der Waals surface area (Å²) in [6, 6.07) is 8.70. The highest BCUT2D eigenvalue weighted by atomic mass is 19.4. The molecule has 6 heteroatoms. The van der Waals surface area contributed by atoms with Gasteiger partial charge < -0.3 is 10.6 Å². The minimum Gasteiger partial charge on any atom is -0.367 e. The number of hydrogen-bond acceptors (Lipinski definition) is 3. The van der Waals surface area contributed by atoms with Crippen molar-refractivity contribution < 1.29 is 13.2 Å². The van der Waals surface area contributed by atoms with Crippen molar-refractivity contribution >= 4 is 5.69 Å². The second-order valence-corrected chi connectivity index (χ2v) is 7.05. The van der Waals surface area contributed by atoms with Gasteiger partial charge >= 0.3 is 6.18 Å². The van der Waals surface area contributed by atoms with Crippen molar-refractivity contribution in [1.29, 1.82) is 0 Å². The predicted octanol–water partition coefficient (Wildman–Crippen LogP) is 4.64. The Kier molecular flexibility index (Phi) is 5.23. The fourth-order valence-corrected chi connectivity index (χ4v) is 3.72. The number of nitrogens with two attached hydrogens (primary N) is 1. The average molecular weight is 363 g/mol. The summed E-state index contributed by atoms with van der Waals surface area (Å²) < 4.78 is 38.2. The number of pyridine rings is 1. The Bertz CT molecular complexity index is 756. The van der Waals surface area contributed by atoms with Gasteiger partial charge in [0.05, 0.1) is 11.3 Å². The van der Waals surface area contributed by atoms with Gasteiger partial charge in [0.15, 0.2) is 0 Å². The summed E-state index contributed by atoms with van der Waals surface area (Å²) in [4.78, 5) is 6.37. The van der Waals surface area contributed by atoms with Crippen LogP contribution in [0.2, 0.25) is 0 Å². The fourth-order valence-electron chi connectivity index (χ4n) is 3.72. The van der Waals surface area contributed by atoms with Crippen LogP contribution in [0.4, 0.5) is 18.9 Å². The maximum absolute atomic E-state index is 12.7. The number of piperidine rings is 1. The van der Waals surface area contributed by atoms with Gasteiger partial charge in [0, 0.05) is 36.6 Å². The Morgan fingerprint density at radius 2 is 2.00 bits per heavy atom. The van der Waals surface area contributed by atoms with Crippen molar-refractivity contribution in [3.05, 3.63) is 47.7 Å². The highest BCUT2D eigenvalue weighted by Crippen LogP contribution is 2.34. The van der Waals surface area contributed by atoms with Crippen molar-refractivity contribution in [2.75, 3.05) is 18.0 Å². The average Bonchev–Trinajstić information content (AvgIpc) is 2.61. The molecule has 1 fully saturated rings. The predicted molar refractivity (Wildman–Crippen MR) is 98.0 cm³/mol. The number of hydrogen-bond donors (Lipinski definition) is 1. The van der Waals surface area contributed by atoms with E-state index in [0.29, 0.717) is 18.2 Å². The Morgan fingerprint density at radius 3 is 2.62 bits per heavy atom. The lowest BCUT2D eigenvalue weighted by molar-refractivity contribution is -0.137. The van der Waals surface area contributed by atoms with Crippen LogP contribution in [-0.4, -0.2) is 24.1 Å². The summed E-state index contributed by atoms with van der Waals surface area (Å²) in [5, 5.41) is 0. The lowest BCUT2D eigenvalue weighted by atomic mass is 9.89. The largest absolute Gasteiger partial charge is 0.417 e. The van der Waals surface area contributed by atoms with E-state index in [2.05, 4.69) is 16.8 Å². The molecular weight excluding hydrogens is 339 g/mol. The first-order valence-corrected chi connectivity index (χ1v) is 8.92. The number of halogens is 3. The molecule has 0 aliphatic carbocycles. The fraction of sp³-hybridized carbons (Fsp3) is 0.450. The number of rotatable bonds is 3. The molecule has 140 valence electrons. The molecule has 3 nitrogen and oxygen atoms in total. The Labute approximate surface area is 152 Å². The molecule has 2 aromatic rings. The van der Waals surface area contributed by atoms with E-state index in [4.69, 9.17) is 5.73 Å². The first-order chi connectivity index (χ1) is 12.3. The number of nitrogens with zero attached hydrogens (tertiary/aromatic N) is 2. The monoisotopic (exact) mass is 363 g/mol. The molecular formula is C20H24F3N3. The molecule has 2 heterocycles. The molecule has 0 unspecified atom stereocenters. The van der Waals surface area contributed by atoms with Crippen LogP contribution in [0.25, 0.3) is 11.3 Å². The number of benzene rings is 1. The Hall–Kier alpha value is -2.08. The van der Waals surface area contributed by atoms with Gasteiger partial charge in [0.1, 0.15) is 0 Å². The molecule has 0 radical (unpaired) electrons. The van der Waals surface area contributed by atoms with Gasteiger partial charge in [-0.05, 0) is 49.4 Å². The molecule has 26 heavy (non-hydrogen) atoms. The summed E-state index contributed by atoms with van der Waals surface area (Å²) >= 11 is 0. The summed E-state index contributed by atoms with van der Waals surface area (Å²) in [6.45, 7) is 5.80. The van der Waals surface area contributed by atoms with Crippen LogP contribution in [0.3, 0.4) is 0 Å².